The van der Waals surface area contributed by atoms with E-state index >= 15 is 0 Å². The number of likely N-dealkylation sites (tertiary alicyclic amines) is 1. The number of hydrogen-bond acceptors (Lipinski definition) is 5. The maximum Gasteiger partial charge on any atom is 0.308 e. The number of carbonyl (C=O) groups excluding carboxylic acids is 1. The van der Waals surface area contributed by atoms with Gasteiger partial charge in [-0.1, -0.05) is 23.5 Å². The molecule has 5 nitrogen and oxygen atoms in total. The van der Waals surface area contributed by atoms with E-state index in [1.54, 1.807) is 0 Å². The Kier molecular flexibility index (Phi) is 5.60. The maximum atomic E-state index is 13.2. The number of aromatic nitrogens is 1. The largest absolute Gasteiger partial charge is 0.378 e. The molecule has 1 aromatic heterocycles. The summed E-state index contributed by atoms with van der Waals surface area (Å²) in [5.41, 5.74) is 2.53. The minimum Gasteiger partial charge on any atom is -0.378 e. The van der Waals surface area contributed by atoms with Crippen LogP contribution >= 0.6 is 23.1 Å². The van der Waals surface area contributed by atoms with Crippen LogP contribution in [-0.4, -0.2) is 47.8 Å². The van der Waals surface area contributed by atoms with Crippen LogP contribution in [0.5, 0.6) is 0 Å². The molecule has 4 unspecified atom stereocenters. The molecule has 6 rings (SSSR count). The molecule has 3 fully saturated rings. The number of fused-ring (bicyclic) bond motifs is 6. The Morgan fingerprint density at radius 3 is 2.52 bits per heavy atom. The lowest BCUT2D eigenvalue weighted by molar-refractivity contribution is -0.132. The third-order valence-electron chi connectivity index (χ3n) is 8.46. The molecule has 2 aromatic rings. The van der Waals surface area contributed by atoms with Crippen LogP contribution in [0, 0.1) is 17.8 Å². The molecular weight excluding hydrogens is 450 g/mol. The summed E-state index contributed by atoms with van der Waals surface area (Å²) in [5, 5.41) is 1.66. The Balaban J connectivity index is 1.39. The lowest BCUT2D eigenvalue weighted by Crippen LogP contribution is -2.39. The number of benzene rings is 1. The summed E-state index contributed by atoms with van der Waals surface area (Å²) in [5.74, 6) is 2.51. The zero-order valence-electron chi connectivity index (χ0n) is 19.5. The topological polar surface area (TPSA) is 45.6 Å². The molecule has 2 bridgehead atoms. The van der Waals surface area contributed by atoms with Crippen molar-refractivity contribution >= 4 is 34.7 Å². The van der Waals surface area contributed by atoms with Crippen molar-refractivity contribution in [3.05, 3.63) is 44.4 Å². The molecule has 2 aliphatic heterocycles. The van der Waals surface area contributed by atoms with Crippen molar-refractivity contribution in [3.8, 4) is 0 Å². The monoisotopic (exact) mass is 483 g/mol. The highest BCUT2D eigenvalue weighted by atomic mass is 32.2. The number of carbonyl (C=O) groups is 1. The molecule has 1 saturated heterocycles. The van der Waals surface area contributed by atoms with E-state index in [1.165, 1.54) is 53.1 Å². The van der Waals surface area contributed by atoms with Gasteiger partial charge in [-0.25, -0.2) is 0 Å². The van der Waals surface area contributed by atoms with Gasteiger partial charge >= 0.3 is 4.87 Å². The van der Waals surface area contributed by atoms with E-state index in [-0.39, 0.29) is 23.2 Å². The minimum absolute atomic E-state index is 0.0418. The first-order chi connectivity index (χ1) is 16.0. The van der Waals surface area contributed by atoms with Crippen LogP contribution in [0.4, 0.5) is 5.69 Å². The summed E-state index contributed by atoms with van der Waals surface area (Å²) >= 11 is 3.33. The van der Waals surface area contributed by atoms with Crippen LogP contribution in [0.25, 0.3) is 0 Å². The molecule has 1 amide bonds. The number of nitrogens with zero attached hydrogens (tertiary/aromatic N) is 3. The Morgan fingerprint density at radius 2 is 1.79 bits per heavy atom. The molecule has 176 valence electrons. The fourth-order valence-corrected chi connectivity index (χ4v) is 9.97. The van der Waals surface area contributed by atoms with Crippen LogP contribution in [0.3, 0.4) is 0 Å². The first kappa shape index (κ1) is 21.8. The Hall–Kier alpha value is -1.73. The van der Waals surface area contributed by atoms with Crippen LogP contribution < -0.4 is 9.77 Å². The van der Waals surface area contributed by atoms with Crippen molar-refractivity contribution in [3.63, 3.8) is 0 Å². The van der Waals surface area contributed by atoms with Gasteiger partial charge in [0.1, 0.15) is 6.54 Å². The van der Waals surface area contributed by atoms with Crippen molar-refractivity contribution in [1.82, 2.24) is 9.47 Å². The van der Waals surface area contributed by atoms with Crippen molar-refractivity contribution in [2.75, 3.05) is 32.1 Å². The standard InChI is InChI=1S/C26H33N3O2S2/c1-27(2)19-10-8-16(9-11-19)21-22-17-6-7-18(14-17)23(22)32-25-24(21)33-26(31)29(25)15-20(30)28-12-4-3-5-13-28/h8-11,17-18,21-23H,3-7,12-15H2,1-2H3/t17?,18?,21-,22?,23?/m1/s1. The molecule has 0 radical (unpaired) electrons. The summed E-state index contributed by atoms with van der Waals surface area (Å²) in [6, 6.07) is 8.96. The first-order valence-corrected chi connectivity index (χ1v) is 14.2. The molecule has 7 heteroatoms. The maximum absolute atomic E-state index is 13.2. The van der Waals surface area contributed by atoms with E-state index in [1.807, 2.05) is 21.2 Å². The van der Waals surface area contributed by atoms with Crippen LogP contribution in [0.2, 0.25) is 0 Å². The van der Waals surface area contributed by atoms with Gasteiger partial charge in [-0.15, -0.1) is 11.8 Å². The Labute approximate surface area is 204 Å². The Morgan fingerprint density at radius 1 is 1.06 bits per heavy atom. The quantitative estimate of drug-likeness (QED) is 0.636. The van der Waals surface area contributed by atoms with Gasteiger partial charge in [-0.2, -0.15) is 0 Å². The fourth-order valence-electron chi connectivity index (χ4n) is 6.82. The van der Waals surface area contributed by atoms with Crippen molar-refractivity contribution in [2.24, 2.45) is 17.8 Å². The third kappa shape index (κ3) is 3.66. The van der Waals surface area contributed by atoms with E-state index in [4.69, 9.17) is 0 Å². The summed E-state index contributed by atoms with van der Waals surface area (Å²) in [6.45, 7) is 1.88. The second kappa shape index (κ2) is 8.49. The second-order valence-corrected chi connectivity index (χ2v) is 12.7. The molecule has 0 N–H and O–H groups in total. The zero-order chi connectivity index (χ0) is 22.7. The number of piperidine rings is 1. The number of anilines is 1. The third-order valence-corrected chi connectivity index (χ3v) is 11.3. The zero-order valence-corrected chi connectivity index (χ0v) is 21.2. The predicted octanol–water partition coefficient (Wildman–Crippen LogP) is 4.64. The highest BCUT2D eigenvalue weighted by molar-refractivity contribution is 8.00. The van der Waals surface area contributed by atoms with Gasteiger partial charge in [0.05, 0.1) is 5.03 Å². The molecule has 3 heterocycles. The molecule has 5 atom stereocenters. The number of hydrogen-bond donors (Lipinski definition) is 0. The van der Waals surface area contributed by atoms with E-state index in [0.29, 0.717) is 11.2 Å². The van der Waals surface area contributed by atoms with Crippen LogP contribution in [0.15, 0.2) is 34.1 Å². The molecule has 33 heavy (non-hydrogen) atoms. The average Bonchev–Trinajstić information content (AvgIpc) is 3.53. The fraction of sp³-hybridized carbons (Fsp3) is 0.615. The summed E-state index contributed by atoms with van der Waals surface area (Å²) < 4.78 is 1.82. The highest BCUT2D eigenvalue weighted by Crippen LogP contribution is 2.64. The molecular formula is C26H33N3O2S2. The summed E-state index contributed by atoms with van der Waals surface area (Å²) in [7, 11) is 4.14. The van der Waals surface area contributed by atoms with E-state index in [2.05, 4.69) is 43.3 Å². The number of rotatable bonds is 4. The van der Waals surface area contributed by atoms with Gasteiger partial charge in [0.2, 0.25) is 5.91 Å². The van der Waals surface area contributed by atoms with Crippen LogP contribution in [-0.2, 0) is 11.3 Å². The van der Waals surface area contributed by atoms with E-state index in [0.717, 1.165) is 42.8 Å². The number of thiazole rings is 1. The average molecular weight is 484 g/mol. The van der Waals surface area contributed by atoms with Crippen molar-refractivity contribution in [1.29, 1.82) is 0 Å². The first-order valence-electron chi connectivity index (χ1n) is 12.5. The SMILES string of the molecule is CN(C)c1ccc([C@H]2c3sc(=O)n(CC(=O)N4CCCCC4)c3SC3C4CCC(C4)C32)cc1. The Bertz CT molecular complexity index is 1100. The highest BCUT2D eigenvalue weighted by Gasteiger charge is 2.55. The number of thioether (sulfide) groups is 1. The lowest BCUT2D eigenvalue weighted by atomic mass is 9.75. The molecule has 1 aromatic carbocycles. The minimum atomic E-state index is 0.0418. The lowest BCUT2D eigenvalue weighted by Gasteiger charge is -2.40. The summed E-state index contributed by atoms with van der Waals surface area (Å²) in [4.78, 5) is 31.7. The van der Waals surface area contributed by atoms with Gasteiger partial charge in [0.15, 0.2) is 0 Å². The summed E-state index contributed by atoms with van der Waals surface area (Å²) in [6.07, 6.45) is 7.34. The second-order valence-electron chi connectivity index (χ2n) is 10.5. The van der Waals surface area contributed by atoms with Crippen LogP contribution in [0.1, 0.15) is 54.9 Å². The van der Waals surface area contributed by atoms with Gasteiger partial charge in [-0.05, 0) is 74.0 Å². The van der Waals surface area contributed by atoms with Gasteiger partial charge in [0, 0.05) is 48.9 Å². The van der Waals surface area contributed by atoms with Gasteiger partial charge in [-0.3, -0.25) is 14.2 Å². The van der Waals surface area contributed by atoms with Gasteiger partial charge < -0.3 is 9.80 Å². The predicted molar refractivity (Wildman–Crippen MR) is 136 cm³/mol. The number of amides is 1. The van der Waals surface area contributed by atoms with E-state index in [9.17, 15) is 9.59 Å². The normalized spacial score (nSPS) is 30.2. The van der Waals surface area contributed by atoms with Crippen molar-refractivity contribution in [2.45, 2.75) is 61.3 Å². The smallest absolute Gasteiger partial charge is 0.308 e. The van der Waals surface area contributed by atoms with E-state index < -0.39 is 0 Å². The van der Waals surface area contributed by atoms with Gasteiger partial charge in [0.25, 0.3) is 0 Å². The molecule has 0 spiro atoms. The molecule has 2 saturated carbocycles. The van der Waals surface area contributed by atoms with Crippen molar-refractivity contribution < 1.29 is 4.79 Å². The molecule has 4 aliphatic rings. The molecule has 2 aliphatic carbocycles.